The summed E-state index contributed by atoms with van der Waals surface area (Å²) in [6, 6.07) is 14.9. The van der Waals surface area contributed by atoms with E-state index in [-0.39, 0.29) is 0 Å². The van der Waals surface area contributed by atoms with Crippen LogP contribution in [0.2, 0.25) is 0 Å². The average Bonchev–Trinajstić information content (AvgIpc) is 2.95. The SMILES string of the molecule is CN(Cc1ccc(CN)cc1)c1ccc2c(c1)CCO2. The lowest BCUT2D eigenvalue weighted by atomic mass is 10.1. The van der Waals surface area contributed by atoms with E-state index in [1.54, 1.807) is 0 Å². The van der Waals surface area contributed by atoms with E-state index in [1.165, 1.54) is 22.4 Å². The third-order valence-electron chi connectivity index (χ3n) is 3.79. The maximum Gasteiger partial charge on any atom is 0.122 e. The molecule has 0 fully saturated rings. The molecule has 3 heteroatoms. The van der Waals surface area contributed by atoms with Crippen LogP contribution in [0.1, 0.15) is 16.7 Å². The van der Waals surface area contributed by atoms with Gasteiger partial charge in [0.2, 0.25) is 0 Å². The molecule has 0 aromatic heterocycles. The number of nitrogens with two attached hydrogens (primary N) is 1. The topological polar surface area (TPSA) is 38.5 Å². The summed E-state index contributed by atoms with van der Waals surface area (Å²) in [6.45, 7) is 2.30. The van der Waals surface area contributed by atoms with E-state index >= 15 is 0 Å². The smallest absolute Gasteiger partial charge is 0.122 e. The number of hydrogen-bond donors (Lipinski definition) is 1. The molecule has 3 nitrogen and oxygen atoms in total. The maximum absolute atomic E-state index is 5.62. The molecule has 20 heavy (non-hydrogen) atoms. The summed E-state index contributed by atoms with van der Waals surface area (Å²) in [7, 11) is 2.12. The van der Waals surface area contributed by atoms with Gasteiger partial charge in [0, 0.05) is 32.2 Å². The normalized spacial score (nSPS) is 12.9. The number of fused-ring (bicyclic) bond motifs is 1. The Bertz CT molecular complexity index is 592. The molecular formula is C17H20N2O. The molecule has 2 aromatic rings. The molecular weight excluding hydrogens is 248 g/mol. The first kappa shape index (κ1) is 13.0. The van der Waals surface area contributed by atoms with Gasteiger partial charge in [-0.3, -0.25) is 0 Å². The van der Waals surface area contributed by atoms with Crippen LogP contribution in [-0.4, -0.2) is 13.7 Å². The lowest BCUT2D eigenvalue weighted by molar-refractivity contribution is 0.357. The molecule has 2 aromatic carbocycles. The molecule has 0 amide bonds. The molecule has 3 rings (SSSR count). The Balaban J connectivity index is 1.73. The first-order valence-electron chi connectivity index (χ1n) is 7.01. The maximum atomic E-state index is 5.62. The lowest BCUT2D eigenvalue weighted by Gasteiger charge is -2.20. The molecule has 1 aliphatic rings. The highest BCUT2D eigenvalue weighted by atomic mass is 16.5. The van der Waals surface area contributed by atoms with E-state index in [9.17, 15) is 0 Å². The van der Waals surface area contributed by atoms with Crippen molar-refractivity contribution in [2.24, 2.45) is 5.73 Å². The van der Waals surface area contributed by atoms with Crippen LogP contribution in [0, 0.1) is 0 Å². The van der Waals surface area contributed by atoms with Crippen molar-refractivity contribution in [3.05, 3.63) is 59.2 Å². The molecule has 0 unspecified atom stereocenters. The van der Waals surface area contributed by atoms with Crippen LogP contribution >= 0.6 is 0 Å². The van der Waals surface area contributed by atoms with Crippen LogP contribution in [0.4, 0.5) is 5.69 Å². The summed E-state index contributed by atoms with van der Waals surface area (Å²) in [4.78, 5) is 2.26. The molecule has 0 aliphatic carbocycles. The molecule has 0 spiro atoms. The fourth-order valence-corrected chi connectivity index (χ4v) is 2.56. The summed E-state index contributed by atoms with van der Waals surface area (Å²) < 4.78 is 5.55. The summed E-state index contributed by atoms with van der Waals surface area (Å²) in [5.74, 6) is 1.04. The molecule has 1 aliphatic heterocycles. The minimum Gasteiger partial charge on any atom is -0.493 e. The Morgan fingerprint density at radius 2 is 1.85 bits per heavy atom. The van der Waals surface area contributed by atoms with E-state index in [4.69, 9.17) is 10.5 Å². The Hall–Kier alpha value is -2.00. The third-order valence-corrected chi connectivity index (χ3v) is 3.79. The number of anilines is 1. The number of hydrogen-bond acceptors (Lipinski definition) is 3. The van der Waals surface area contributed by atoms with Gasteiger partial charge in [-0.25, -0.2) is 0 Å². The second-order valence-corrected chi connectivity index (χ2v) is 5.27. The van der Waals surface area contributed by atoms with E-state index in [0.717, 1.165) is 25.3 Å². The zero-order chi connectivity index (χ0) is 13.9. The summed E-state index contributed by atoms with van der Waals surface area (Å²) in [5.41, 5.74) is 10.6. The molecule has 104 valence electrons. The predicted octanol–water partition coefficient (Wildman–Crippen LogP) is 2.72. The standard InChI is InChI=1S/C17H20N2O/c1-19(12-14-4-2-13(11-18)3-5-14)16-6-7-17-15(10-16)8-9-20-17/h2-7,10H,8-9,11-12,18H2,1H3. The Morgan fingerprint density at radius 1 is 1.10 bits per heavy atom. The summed E-state index contributed by atoms with van der Waals surface area (Å²) in [5, 5.41) is 0. The fraction of sp³-hybridized carbons (Fsp3) is 0.294. The minimum atomic E-state index is 0.598. The van der Waals surface area contributed by atoms with Crippen LogP contribution in [0.3, 0.4) is 0 Å². The number of benzene rings is 2. The predicted molar refractivity (Wildman–Crippen MR) is 82.1 cm³/mol. The zero-order valence-corrected chi connectivity index (χ0v) is 11.8. The molecule has 1 heterocycles. The van der Waals surface area contributed by atoms with Crippen molar-refractivity contribution < 1.29 is 4.74 Å². The molecule has 0 radical (unpaired) electrons. The van der Waals surface area contributed by atoms with Gasteiger partial charge in [0.1, 0.15) is 5.75 Å². The first-order chi connectivity index (χ1) is 9.76. The van der Waals surface area contributed by atoms with Gasteiger partial charge in [-0.05, 0) is 34.9 Å². The van der Waals surface area contributed by atoms with Gasteiger partial charge in [-0.2, -0.15) is 0 Å². The second kappa shape index (κ2) is 5.55. The number of ether oxygens (including phenoxy) is 1. The van der Waals surface area contributed by atoms with Crippen molar-refractivity contribution >= 4 is 5.69 Å². The zero-order valence-electron chi connectivity index (χ0n) is 11.8. The number of nitrogens with zero attached hydrogens (tertiary/aromatic N) is 1. The Morgan fingerprint density at radius 3 is 2.60 bits per heavy atom. The van der Waals surface area contributed by atoms with Gasteiger partial charge in [0.05, 0.1) is 6.61 Å². The molecule has 0 bridgehead atoms. The van der Waals surface area contributed by atoms with Crippen molar-refractivity contribution in [2.75, 3.05) is 18.6 Å². The van der Waals surface area contributed by atoms with Crippen molar-refractivity contribution in [1.82, 2.24) is 0 Å². The Kier molecular flexibility index (Phi) is 3.61. The highest BCUT2D eigenvalue weighted by Gasteiger charge is 2.13. The lowest BCUT2D eigenvalue weighted by Crippen LogP contribution is -2.16. The van der Waals surface area contributed by atoms with Crippen molar-refractivity contribution in [1.29, 1.82) is 0 Å². The van der Waals surface area contributed by atoms with Crippen LogP contribution in [0.25, 0.3) is 0 Å². The van der Waals surface area contributed by atoms with Crippen molar-refractivity contribution in [3.63, 3.8) is 0 Å². The second-order valence-electron chi connectivity index (χ2n) is 5.27. The van der Waals surface area contributed by atoms with Crippen LogP contribution in [-0.2, 0) is 19.5 Å². The first-order valence-corrected chi connectivity index (χ1v) is 7.01. The number of rotatable bonds is 4. The molecule has 2 N–H and O–H groups in total. The van der Waals surface area contributed by atoms with Gasteiger partial charge < -0.3 is 15.4 Å². The fourth-order valence-electron chi connectivity index (χ4n) is 2.56. The van der Waals surface area contributed by atoms with Crippen molar-refractivity contribution in [3.8, 4) is 5.75 Å². The van der Waals surface area contributed by atoms with E-state index in [1.807, 2.05) is 0 Å². The minimum absolute atomic E-state index is 0.598. The van der Waals surface area contributed by atoms with Gasteiger partial charge in [-0.1, -0.05) is 24.3 Å². The van der Waals surface area contributed by atoms with Gasteiger partial charge in [0.25, 0.3) is 0 Å². The highest BCUT2D eigenvalue weighted by Crippen LogP contribution is 2.29. The molecule has 0 atom stereocenters. The van der Waals surface area contributed by atoms with Crippen LogP contribution < -0.4 is 15.4 Å². The molecule has 0 saturated carbocycles. The average molecular weight is 268 g/mol. The Labute approximate surface area is 120 Å². The monoisotopic (exact) mass is 268 g/mol. The third kappa shape index (κ3) is 2.63. The van der Waals surface area contributed by atoms with E-state index in [0.29, 0.717) is 6.54 Å². The van der Waals surface area contributed by atoms with E-state index < -0.39 is 0 Å². The van der Waals surface area contributed by atoms with Crippen molar-refractivity contribution in [2.45, 2.75) is 19.5 Å². The molecule has 0 saturated heterocycles. The summed E-state index contributed by atoms with van der Waals surface area (Å²) >= 11 is 0. The van der Waals surface area contributed by atoms with Gasteiger partial charge >= 0.3 is 0 Å². The van der Waals surface area contributed by atoms with Gasteiger partial charge in [-0.15, -0.1) is 0 Å². The van der Waals surface area contributed by atoms with Gasteiger partial charge in [0.15, 0.2) is 0 Å². The largest absolute Gasteiger partial charge is 0.493 e. The highest BCUT2D eigenvalue weighted by molar-refractivity contribution is 5.54. The quantitative estimate of drug-likeness (QED) is 0.926. The van der Waals surface area contributed by atoms with Crippen LogP contribution in [0.15, 0.2) is 42.5 Å². The van der Waals surface area contributed by atoms with Crippen LogP contribution in [0.5, 0.6) is 5.75 Å². The van der Waals surface area contributed by atoms with E-state index in [2.05, 4.69) is 54.4 Å². The summed E-state index contributed by atoms with van der Waals surface area (Å²) in [6.07, 6.45) is 1.02.